The number of hydrogen-bond donors (Lipinski definition) is 0. The molecular formula is C12H19O2P. The molecule has 0 saturated carbocycles. The van der Waals surface area contributed by atoms with E-state index in [0.717, 1.165) is 18.1 Å². The van der Waals surface area contributed by atoms with Gasteiger partial charge in [-0.05, 0) is 25.0 Å². The summed E-state index contributed by atoms with van der Waals surface area (Å²) in [5.74, 6) is 0. The average molecular weight is 226 g/mol. The van der Waals surface area contributed by atoms with Gasteiger partial charge in [0.05, 0.1) is 6.61 Å². The average Bonchev–Trinajstić information content (AvgIpc) is 2.28. The maximum Gasteiger partial charge on any atom is 0.232 e. The van der Waals surface area contributed by atoms with E-state index in [-0.39, 0.29) is 0 Å². The third kappa shape index (κ3) is 3.48. The highest BCUT2D eigenvalue weighted by atomic mass is 31.2. The van der Waals surface area contributed by atoms with Gasteiger partial charge in [0.2, 0.25) is 7.37 Å². The molecule has 1 aromatic carbocycles. The van der Waals surface area contributed by atoms with E-state index in [0.29, 0.717) is 12.8 Å². The Bertz CT molecular complexity index is 322. The van der Waals surface area contributed by atoms with Crippen LogP contribution in [0.25, 0.3) is 0 Å². The lowest BCUT2D eigenvalue weighted by Gasteiger charge is -2.17. The van der Waals surface area contributed by atoms with Gasteiger partial charge >= 0.3 is 0 Å². The standard InChI is InChI=1S/C12H19O2P/c1-3-10-14-15(13,11-4-2)12-8-6-5-7-9-12/h5-9H,3-4,10-11H2,1-2H3. The maximum atomic E-state index is 12.6. The van der Waals surface area contributed by atoms with E-state index in [9.17, 15) is 4.57 Å². The molecule has 0 aliphatic rings. The number of hydrogen-bond acceptors (Lipinski definition) is 2. The molecular weight excluding hydrogens is 207 g/mol. The molecule has 0 amide bonds. The quantitative estimate of drug-likeness (QED) is 0.695. The molecule has 15 heavy (non-hydrogen) atoms. The van der Waals surface area contributed by atoms with E-state index in [1.807, 2.05) is 44.2 Å². The summed E-state index contributed by atoms with van der Waals surface area (Å²) in [6, 6.07) is 9.54. The molecule has 0 fully saturated rings. The van der Waals surface area contributed by atoms with Crippen LogP contribution >= 0.6 is 7.37 Å². The fourth-order valence-electron chi connectivity index (χ4n) is 1.46. The second kappa shape index (κ2) is 6.09. The monoisotopic (exact) mass is 226 g/mol. The van der Waals surface area contributed by atoms with Crippen molar-refractivity contribution in [3.05, 3.63) is 30.3 Å². The Morgan fingerprint density at radius 1 is 1.13 bits per heavy atom. The van der Waals surface area contributed by atoms with Gasteiger partial charge in [0, 0.05) is 11.5 Å². The molecule has 0 N–H and O–H groups in total. The molecule has 0 heterocycles. The fourth-order valence-corrected chi connectivity index (χ4v) is 3.69. The normalized spacial score (nSPS) is 14.8. The second-order valence-electron chi connectivity index (χ2n) is 3.57. The first-order valence-electron chi connectivity index (χ1n) is 5.52. The van der Waals surface area contributed by atoms with Gasteiger partial charge in [0.15, 0.2) is 0 Å². The Balaban J connectivity index is 2.86. The molecule has 0 spiro atoms. The van der Waals surface area contributed by atoms with Crippen molar-refractivity contribution >= 4 is 12.7 Å². The van der Waals surface area contributed by atoms with Crippen molar-refractivity contribution in [2.24, 2.45) is 0 Å². The maximum absolute atomic E-state index is 12.6. The Morgan fingerprint density at radius 2 is 1.80 bits per heavy atom. The van der Waals surface area contributed by atoms with Crippen molar-refractivity contribution in [2.45, 2.75) is 26.7 Å². The van der Waals surface area contributed by atoms with Gasteiger partial charge in [-0.1, -0.05) is 32.0 Å². The highest BCUT2D eigenvalue weighted by Gasteiger charge is 2.23. The minimum atomic E-state index is -2.59. The van der Waals surface area contributed by atoms with E-state index in [2.05, 4.69) is 0 Å². The van der Waals surface area contributed by atoms with E-state index in [1.54, 1.807) is 0 Å². The van der Waals surface area contributed by atoms with Crippen LogP contribution in [0.15, 0.2) is 30.3 Å². The van der Waals surface area contributed by atoms with Gasteiger partial charge in [-0.25, -0.2) is 0 Å². The lowest BCUT2D eigenvalue weighted by atomic mass is 10.4. The molecule has 0 aliphatic carbocycles. The van der Waals surface area contributed by atoms with Crippen molar-refractivity contribution in [1.82, 2.24) is 0 Å². The van der Waals surface area contributed by atoms with Crippen LogP contribution in [-0.2, 0) is 9.09 Å². The van der Waals surface area contributed by atoms with E-state index in [4.69, 9.17) is 4.52 Å². The summed E-state index contributed by atoms with van der Waals surface area (Å²) in [4.78, 5) is 0. The number of rotatable bonds is 6. The number of benzene rings is 1. The van der Waals surface area contributed by atoms with Gasteiger partial charge in [0.1, 0.15) is 0 Å². The van der Waals surface area contributed by atoms with Crippen molar-refractivity contribution < 1.29 is 9.09 Å². The van der Waals surface area contributed by atoms with Crippen LogP contribution in [0.5, 0.6) is 0 Å². The Labute approximate surface area is 92.1 Å². The van der Waals surface area contributed by atoms with Crippen LogP contribution < -0.4 is 5.30 Å². The van der Waals surface area contributed by atoms with Crippen molar-refractivity contribution in [1.29, 1.82) is 0 Å². The third-order valence-corrected chi connectivity index (χ3v) is 4.89. The lowest BCUT2D eigenvalue weighted by molar-refractivity contribution is 0.319. The minimum absolute atomic E-state index is 0.576. The van der Waals surface area contributed by atoms with E-state index in [1.165, 1.54) is 0 Å². The fraction of sp³-hybridized carbons (Fsp3) is 0.500. The minimum Gasteiger partial charge on any atom is -0.325 e. The third-order valence-electron chi connectivity index (χ3n) is 2.17. The molecule has 1 unspecified atom stereocenters. The Morgan fingerprint density at radius 3 is 2.33 bits per heavy atom. The summed E-state index contributed by atoms with van der Waals surface area (Å²) in [6.07, 6.45) is 2.42. The van der Waals surface area contributed by atoms with Crippen molar-refractivity contribution in [3.63, 3.8) is 0 Å². The molecule has 3 heteroatoms. The molecule has 0 radical (unpaired) electrons. The topological polar surface area (TPSA) is 26.3 Å². The first kappa shape index (κ1) is 12.5. The second-order valence-corrected chi connectivity index (χ2v) is 6.13. The highest BCUT2D eigenvalue weighted by molar-refractivity contribution is 7.66. The first-order chi connectivity index (χ1) is 7.23. The van der Waals surface area contributed by atoms with Gasteiger partial charge in [0.25, 0.3) is 0 Å². The van der Waals surface area contributed by atoms with Gasteiger partial charge < -0.3 is 4.52 Å². The first-order valence-corrected chi connectivity index (χ1v) is 7.33. The summed E-state index contributed by atoms with van der Waals surface area (Å²) >= 11 is 0. The van der Waals surface area contributed by atoms with E-state index >= 15 is 0 Å². The summed E-state index contributed by atoms with van der Waals surface area (Å²) in [7, 11) is -2.59. The summed E-state index contributed by atoms with van der Waals surface area (Å²) in [5, 5.41) is 0.848. The van der Waals surface area contributed by atoms with Crippen LogP contribution in [-0.4, -0.2) is 12.8 Å². The molecule has 1 atom stereocenters. The highest BCUT2D eigenvalue weighted by Crippen LogP contribution is 2.46. The van der Waals surface area contributed by atoms with Gasteiger partial charge in [-0.2, -0.15) is 0 Å². The van der Waals surface area contributed by atoms with Crippen LogP contribution in [0.2, 0.25) is 0 Å². The summed E-state index contributed by atoms with van der Waals surface area (Å²) in [5.41, 5.74) is 0. The van der Waals surface area contributed by atoms with E-state index < -0.39 is 7.37 Å². The van der Waals surface area contributed by atoms with Gasteiger partial charge in [-0.3, -0.25) is 4.57 Å². The zero-order valence-corrected chi connectivity index (χ0v) is 10.4. The van der Waals surface area contributed by atoms with Crippen LogP contribution in [0.1, 0.15) is 26.7 Å². The smallest absolute Gasteiger partial charge is 0.232 e. The molecule has 0 aromatic heterocycles. The van der Waals surface area contributed by atoms with Crippen molar-refractivity contribution in [3.8, 4) is 0 Å². The Kier molecular flexibility index (Phi) is 5.07. The zero-order chi connectivity index (χ0) is 11.1. The molecule has 0 bridgehead atoms. The predicted molar refractivity (Wildman–Crippen MR) is 65.1 cm³/mol. The van der Waals surface area contributed by atoms with Crippen LogP contribution in [0.4, 0.5) is 0 Å². The zero-order valence-electron chi connectivity index (χ0n) is 9.48. The van der Waals surface area contributed by atoms with Gasteiger partial charge in [-0.15, -0.1) is 0 Å². The lowest BCUT2D eigenvalue weighted by Crippen LogP contribution is -2.10. The SMILES string of the molecule is CCCOP(=O)(CCC)c1ccccc1. The predicted octanol–water partition coefficient (Wildman–Crippen LogP) is 3.43. The van der Waals surface area contributed by atoms with Crippen molar-refractivity contribution in [2.75, 3.05) is 12.8 Å². The summed E-state index contributed by atoms with van der Waals surface area (Å²) in [6.45, 7) is 4.64. The Hall–Kier alpha value is -0.590. The molecule has 1 aromatic rings. The molecule has 84 valence electrons. The summed E-state index contributed by atoms with van der Waals surface area (Å²) < 4.78 is 18.1. The molecule has 0 saturated heterocycles. The van der Waals surface area contributed by atoms with Crippen LogP contribution in [0, 0.1) is 0 Å². The molecule has 0 aliphatic heterocycles. The molecule has 1 rings (SSSR count). The molecule has 2 nitrogen and oxygen atoms in total. The largest absolute Gasteiger partial charge is 0.325 e. The van der Waals surface area contributed by atoms with Crippen LogP contribution in [0.3, 0.4) is 0 Å².